The van der Waals surface area contributed by atoms with Gasteiger partial charge in [-0.3, -0.25) is 14.5 Å². The van der Waals surface area contributed by atoms with Crippen LogP contribution in [0.4, 0.5) is 4.79 Å². The second-order valence-corrected chi connectivity index (χ2v) is 10.2. The molecule has 3 amide bonds. The smallest absolute Gasteiger partial charge is 0.410 e. The van der Waals surface area contributed by atoms with Crippen molar-refractivity contribution in [1.29, 1.82) is 0 Å². The van der Waals surface area contributed by atoms with Crippen LogP contribution >= 0.6 is 0 Å². The summed E-state index contributed by atoms with van der Waals surface area (Å²) in [5.41, 5.74) is 12.2. The van der Waals surface area contributed by atoms with E-state index in [1.54, 1.807) is 9.80 Å². The van der Waals surface area contributed by atoms with Gasteiger partial charge in [0.2, 0.25) is 11.8 Å². The van der Waals surface area contributed by atoms with E-state index >= 15 is 0 Å². The third-order valence-electron chi connectivity index (χ3n) is 8.10. The summed E-state index contributed by atoms with van der Waals surface area (Å²) >= 11 is 0. The Hall–Kier alpha value is -3.87. The number of carbonyl (C=O) groups excluding carboxylic acids is 3. The van der Waals surface area contributed by atoms with Crippen molar-refractivity contribution < 1.29 is 24.2 Å². The van der Waals surface area contributed by atoms with Gasteiger partial charge in [-0.15, -0.1) is 0 Å². The zero-order valence-electron chi connectivity index (χ0n) is 20.2. The van der Waals surface area contributed by atoms with Gasteiger partial charge in [0, 0.05) is 31.8 Å². The van der Waals surface area contributed by atoms with E-state index in [-0.39, 0.29) is 55.6 Å². The molecule has 0 saturated carbocycles. The fraction of sp³-hybridized carbons (Fsp3) is 0.542. The molecule has 3 unspecified atom stereocenters. The summed E-state index contributed by atoms with van der Waals surface area (Å²) in [6, 6.07) is 8.55. The lowest BCUT2D eigenvalue weighted by atomic mass is 9.88. The number of nitrogens with two attached hydrogens (primary N) is 2. The van der Waals surface area contributed by atoms with Gasteiger partial charge in [-0.25, -0.2) is 14.8 Å². The molecule has 3 saturated heterocycles. The average Bonchev–Trinajstić information content (AvgIpc) is 3.64. The van der Waals surface area contributed by atoms with E-state index in [4.69, 9.17) is 16.2 Å². The maximum absolute atomic E-state index is 13.1. The molecule has 196 valence electrons. The molecule has 0 radical (unpaired) electrons. The molecule has 0 aliphatic carbocycles. The number of aliphatic hydroxyl groups excluding tert-OH is 1. The van der Waals surface area contributed by atoms with Gasteiger partial charge in [-0.2, -0.15) is 0 Å². The summed E-state index contributed by atoms with van der Waals surface area (Å²) in [5.74, 6) is -0.186. The molecule has 1 spiro atoms. The molecule has 13 heteroatoms. The van der Waals surface area contributed by atoms with E-state index in [1.807, 2.05) is 18.2 Å². The predicted octanol–water partition coefficient (Wildman–Crippen LogP) is -1.51. The van der Waals surface area contributed by atoms with E-state index in [1.165, 1.54) is 5.56 Å². The van der Waals surface area contributed by atoms with E-state index < -0.39 is 36.0 Å². The van der Waals surface area contributed by atoms with Crippen molar-refractivity contribution in [3.8, 4) is 0 Å². The number of ether oxygens (including phenoxy) is 1. The lowest BCUT2D eigenvalue weighted by molar-refractivity contribution is -0.139. The molecule has 3 fully saturated rings. The highest BCUT2D eigenvalue weighted by Gasteiger charge is 2.66. The molecule has 37 heavy (non-hydrogen) atoms. The Labute approximate surface area is 213 Å². The highest BCUT2D eigenvalue weighted by atomic mass is 16.6. The van der Waals surface area contributed by atoms with Crippen molar-refractivity contribution in [1.82, 2.24) is 20.0 Å². The normalized spacial score (nSPS) is 34.7. The fourth-order valence-electron chi connectivity index (χ4n) is 6.27. The SMILES string of the molecule is NC1=NC2[C@H](CN3C(=O)CCC3=O)N=C(N)N3C[C@H](OC(=O)N4CCC(c5ccccc5)C4)[C@@H](O)C23N1. The largest absolute Gasteiger partial charge is 0.441 e. The zero-order valence-corrected chi connectivity index (χ0v) is 20.2. The number of nitrogens with one attached hydrogen (secondary N) is 1. The van der Waals surface area contributed by atoms with Crippen LogP contribution in [0, 0.1) is 0 Å². The summed E-state index contributed by atoms with van der Waals surface area (Å²) in [6.07, 6.45) is -1.56. The van der Waals surface area contributed by atoms with E-state index in [9.17, 15) is 19.5 Å². The number of benzene rings is 1. The quantitative estimate of drug-likeness (QED) is 0.350. The molecule has 6 N–H and O–H groups in total. The van der Waals surface area contributed by atoms with Crippen molar-refractivity contribution in [2.45, 2.75) is 55.1 Å². The van der Waals surface area contributed by atoms with Crippen molar-refractivity contribution in [2.75, 3.05) is 26.2 Å². The van der Waals surface area contributed by atoms with Crippen molar-refractivity contribution in [2.24, 2.45) is 21.5 Å². The van der Waals surface area contributed by atoms with Gasteiger partial charge in [-0.05, 0) is 12.0 Å². The molecule has 1 aromatic carbocycles. The first-order chi connectivity index (χ1) is 17.8. The van der Waals surface area contributed by atoms with E-state index in [2.05, 4.69) is 27.4 Å². The maximum Gasteiger partial charge on any atom is 0.410 e. The summed E-state index contributed by atoms with van der Waals surface area (Å²) in [6.45, 7) is 1.14. The van der Waals surface area contributed by atoms with Crippen LogP contribution < -0.4 is 16.8 Å². The molecule has 5 aliphatic heterocycles. The number of carbonyl (C=O) groups is 3. The maximum atomic E-state index is 13.1. The second kappa shape index (κ2) is 8.61. The van der Waals surface area contributed by atoms with Gasteiger partial charge in [0.25, 0.3) is 0 Å². The molecule has 0 aromatic heterocycles. The lowest BCUT2D eigenvalue weighted by Crippen LogP contribution is -2.73. The van der Waals surface area contributed by atoms with Crippen LogP contribution in [0.25, 0.3) is 0 Å². The number of hydrogen-bond acceptors (Lipinski definition) is 11. The Morgan fingerprint density at radius 1 is 1.14 bits per heavy atom. The van der Waals surface area contributed by atoms with Crippen molar-refractivity contribution in [3.05, 3.63) is 35.9 Å². The van der Waals surface area contributed by atoms with Crippen LogP contribution in [0.3, 0.4) is 0 Å². The first-order valence-corrected chi connectivity index (χ1v) is 12.5. The molecule has 0 bridgehead atoms. The number of hydrogen-bond donors (Lipinski definition) is 4. The monoisotopic (exact) mass is 510 g/mol. The third-order valence-corrected chi connectivity index (χ3v) is 8.10. The molecule has 5 heterocycles. The summed E-state index contributed by atoms with van der Waals surface area (Å²) < 4.78 is 5.81. The summed E-state index contributed by atoms with van der Waals surface area (Å²) in [7, 11) is 0. The predicted molar refractivity (Wildman–Crippen MR) is 131 cm³/mol. The molecular weight excluding hydrogens is 480 g/mol. The topological polar surface area (TPSA) is 179 Å². The minimum absolute atomic E-state index is 0.0249. The van der Waals surface area contributed by atoms with E-state index in [0.717, 1.165) is 11.3 Å². The van der Waals surface area contributed by atoms with Gasteiger partial charge in [0.15, 0.2) is 23.7 Å². The molecular formula is C24H30N8O5. The number of imide groups is 1. The number of likely N-dealkylation sites (tertiary alicyclic amines) is 2. The highest BCUT2D eigenvalue weighted by Crippen LogP contribution is 2.41. The van der Waals surface area contributed by atoms with Crippen LogP contribution in [0.5, 0.6) is 0 Å². The zero-order chi connectivity index (χ0) is 25.9. The van der Waals surface area contributed by atoms with Crippen molar-refractivity contribution in [3.63, 3.8) is 0 Å². The Morgan fingerprint density at radius 2 is 1.86 bits per heavy atom. The fourth-order valence-corrected chi connectivity index (χ4v) is 6.27. The van der Waals surface area contributed by atoms with Crippen LogP contribution in [0.15, 0.2) is 40.3 Å². The molecule has 6 rings (SSSR count). The first-order valence-electron chi connectivity index (χ1n) is 12.5. The number of aliphatic imine (C=N–C) groups is 2. The van der Waals surface area contributed by atoms with Crippen LogP contribution in [0.2, 0.25) is 0 Å². The van der Waals surface area contributed by atoms with Gasteiger partial charge < -0.3 is 36.4 Å². The summed E-state index contributed by atoms with van der Waals surface area (Å²) in [4.78, 5) is 50.9. The average molecular weight is 511 g/mol. The Morgan fingerprint density at radius 3 is 2.59 bits per heavy atom. The van der Waals surface area contributed by atoms with E-state index in [0.29, 0.717) is 13.1 Å². The number of amides is 3. The molecule has 1 aromatic rings. The number of guanidine groups is 2. The second-order valence-electron chi connectivity index (χ2n) is 10.2. The molecule has 6 atom stereocenters. The van der Waals surface area contributed by atoms with Gasteiger partial charge in [0.05, 0.1) is 19.1 Å². The van der Waals surface area contributed by atoms with Crippen LogP contribution in [-0.4, -0.2) is 106 Å². The standard InChI is InChI=1S/C24H30N8O5/c25-21-28-19-15(11-31-17(33)6-7-18(31)34)27-22(26)32-12-16(20(35)24(19,32)29-21)37-23(36)30-9-8-14(10-30)13-4-2-1-3-5-13/h1-5,14-16,19-20,35H,6-12H2,(H2,26,27)(H3,25,28,29)/t14?,15-,16-,19?,20+,24?/m0/s1. The summed E-state index contributed by atoms with van der Waals surface area (Å²) in [5, 5.41) is 14.5. The molecule has 5 aliphatic rings. The first kappa shape index (κ1) is 23.5. The number of rotatable bonds is 4. The van der Waals surface area contributed by atoms with Gasteiger partial charge in [0.1, 0.15) is 12.1 Å². The highest BCUT2D eigenvalue weighted by molar-refractivity contribution is 6.02. The Bertz CT molecular complexity index is 1170. The Balaban J connectivity index is 1.19. The minimum atomic E-state index is -1.31. The minimum Gasteiger partial charge on any atom is -0.441 e. The van der Waals surface area contributed by atoms with Crippen LogP contribution in [0.1, 0.15) is 30.7 Å². The van der Waals surface area contributed by atoms with Crippen molar-refractivity contribution >= 4 is 29.8 Å². The number of aliphatic hydroxyl groups is 1. The van der Waals surface area contributed by atoms with Gasteiger partial charge >= 0.3 is 6.09 Å². The lowest BCUT2D eigenvalue weighted by Gasteiger charge is -2.46. The Kier molecular flexibility index (Phi) is 5.48. The number of nitrogens with zero attached hydrogens (tertiary/aromatic N) is 5. The third kappa shape index (κ3) is 3.67. The van der Waals surface area contributed by atoms with Gasteiger partial charge in [-0.1, -0.05) is 30.3 Å². The van der Waals surface area contributed by atoms with Crippen LogP contribution in [-0.2, 0) is 14.3 Å². The molecule has 13 nitrogen and oxygen atoms in total.